The molecule has 208 valence electrons. The van der Waals surface area contributed by atoms with Gasteiger partial charge in [-0.05, 0) is 54.6 Å². The number of carbonyl (C=O) groups excluding carboxylic acids is 2. The van der Waals surface area contributed by atoms with Crippen LogP contribution < -0.4 is 34.0 Å². The summed E-state index contributed by atoms with van der Waals surface area (Å²) >= 11 is 0. The van der Waals surface area contributed by atoms with Crippen molar-refractivity contribution in [1.29, 1.82) is 0 Å². The van der Waals surface area contributed by atoms with Crippen molar-refractivity contribution < 1.29 is 38.0 Å². The lowest BCUT2D eigenvalue weighted by molar-refractivity contribution is -0.135. The van der Waals surface area contributed by atoms with Crippen LogP contribution in [0.25, 0.3) is 17.0 Å². The zero-order valence-electron chi connectivity index (χ0n) is 22.7. The molecule has 0 bridgehead atoms. The van der Waals surface area contributed by atoms with Crippen LogP contribution in [0.1, 0.15) is 39.4 Å². The Morgan fingerprint density at radius 2 is 1.66 bits per heavy atom. The highest BCUT2D eigenvalue weighted by Crippen LogP contribution is 2.49. The van der Waals surface area contributed by atoms with Gasteiger partial charge in [0.25, 0.3) is 5.56 Å². The van der Waals surface area contributed by atoms with E-state index >= 15 is 0 Å². The summed E-state index contributed by atoms with van der Waals surface area (Å²) in [4.78, 5) is 42.3. The van der Waals surface area contributed by atoms with Gasteiger partial charge < -0.3 is 33.4 Å². The SMILES string of the molecule is COc1ccc2[nH]c(=O)c(C3CC(=O)Oc4ccc5c(c43)O/C(=C\c3ccc(OC)c(OC)c3OC)C5=O)cc2c1. The minimum absolute atomic E-state index is 0.0340. The third-order valence-corrected chi connectivity index (χ3v) is 7.26. The molecule has 10 nitrogen and oxygen atoms in total. The zero-order valence-corrected chi connectivity index (χ0v) is 22.7. The number of rotatable bonds is 6. The molecular formula is C31H25NO9. The van der Waals surface area contributed by atoms with Crippen molar-refractivity contribution in [1.82, 2.24) is 4.98 Å². The Bertz CT molecular complexity index is 1840. The molecule has 2 aliphatic heterocycles. The van der Waals surface area contributed by atoms with Crippen molar-refractivity contribution in [2.24, 2.45) is 0 Å². The number of methoxy groups -OCH3 is 4. The summed E-state index contributed by atoms with van der Waals surface area (Å²) in [6.45, 7) is 0. The molecule has 1 N–H and O–H groups in total. The number of Topliss-reactive ketones (excluding diaryl/α,β-unsaturated/α-hetero) is 1. The van der Waals surface area contributed by atoms with E-state index in [-0.39, 0.29) is 40.6 Å². The highest BCUT2D eigenvalue weighted by molar-refractivity contribution is 6.15. The van der Waals surface area contributed by atoms with E-state index in [1.165, 1.54) is 21.3 Å². The van der Waals surface area contributed by atoms with Gasteiger partial charge in [0, 0.05) is 33.5 Å². The van der Waals surface area contributed by atoms with E-state index < -0.39 is 11.9 Å². The van der Waals surface area contributed by atoms with Crippen LogP contribution in [-0.2, 0) is 4.79 Å². The molecule has 10 heteroatoms. The van der Waals surface area contributed by atoms with Crippen LogP contribution in [0.4, 0.5) is 0 Å². The molecule has 0 spiro atoms. The number of pyridine rings is 1. The Hall–Kier alpha value is -5.25. The molecule has 0 aliphatic carbocycles. The first-order valence-electron chi connectivity index (χ1n) is 12.7. The fourth-order valence-electron chi connectivity index (χ4n) is 5.34. The summed E-state index contributed by atoms with van der Waals surface area (Å²) in [6.07, 6.45) is 1.44. The van der Waals surface area contributed by atoms with Crippen LogP contribution in [-0.4, -0.2) is 45.2 Å². The smallest absolute Gasteiger partial charge is 0.312 e. The number of nitrogens with one attached hydrogen (secondary N) is 1. The maximum absolute atomic E-state index is 13.5. The standard InChI is InChI=1S/C31H25NO9/c1-36-17-6-8-21-16(11-17)12-20(31(35)32-21)19-14-25(33)40-22-10-7-18-27(34)24(41-29(18)26(19)22)13-15-5-9-23(37-2)30(39-4)28(15)38-3/h5-13,19H,14H2,1-4H3,(H,32,35)/b24-13-. The Morgan fingerprint density at radius 3 is 2.39 bits per heavy atom. The average molecular weight is 556 g/mol. The van der Waals surface area contributed by atoms with E-state index in [2.05, 4.69) is 4.98 Å². The maximum atomic E-state index is 13.5. The van der Waals surface area contributed by atoms with Crippen LogP contribution in [0.15, 0.2) is 59.1 Å². The first kappa shape index (κ1) is 26.0. The summed E-state index contributed by atoms with van der Waals surface area (Å²) in [6, 6.07) is 13.5. The molecular weight excluding hydrogens is 530 g/mol. The largest absolute Gasteiger partial charge is 0.497 e. The Kier molecular flexibility index (Phi) is 6.37. The van der Waals surface area contributed by atoms with Gasteiger partial charge in [0.2, 0.25) is 11.5 Å². The van der Waals surface area contributed by atoms with Crippen LogP contribution in [0.5, 0.6) is 34.5 Å². The van der Waals surface area contributed by atoms with E-state index in [1.807, 2.05) is 0 Å². The van der Waals surface area contributed by atoms with Crippen molar-refractivity contribution in [3.05, 3.63) is 86.9 Å². The number of ether oxygens (including phenoxy) is 6. The molecule has 6 rings (SSSR count). The van der Waals surface area contributed by atoms with Gasteiger partial charge in [-0.1, -0.05) is 0 Å². The Morgan fingerprint density at radius 1 is 0.854 bits per heavy atom. The van der Waals surface area contributed by atoms with Crippen molar-refractivity contribution >= 4 is 28.7 Å². The fourth-order valence-corrected chi connectivity index (χ4v) is 5.34. The molecule has 0 amide bonds. The van der Waals surface area contributed by atoms with Crippen molar-refractivity contribution in [3.8, 4) is 34.5 Å². The third kappa shape index (κ3) is 4.24. The number of esters is 1. The molecule has 41 heavy (non-hydrogen) atoms. The number of hydrogen-bond acceptors (Lipinski definition) is 9. The average Bonchev–Trinajstić information content (AvgIpc) is 3.30. The number of aromatic amines is 1. The van der Waals surface area contributed by atoms with Crippen LogP contribution >= 0.6 is 0 Å². The molecule has 0 radical (unpaired) electrons. The van der Waals surface area contributed by atoms with Gasteiger partial charge >= 0.3 is 5.97 Å². The summed E-state index contributed by atoms with van der Waals surface area (Å²) in [5, 5.41) is 0.727. The second-order valence-corrected chi connectivity index (χ2v) is 9.46. The van der Waals surface area contributed by atoms with Crippen LogP contribution in [0.2, 0.25) is 0 Å². The summed E-state index contributed by atoms with van der Waals surface area (Å²) in [5.41, 5.74) is 1.87. The van der Waals surface area contributed by atoms with Gasteiger partial charge in [0.05, 0.1) is 40.4 Å². The minimum Gasteiger partial charge on any atom is -0.497 e. The topological polar surface area (TPSA) is 122 Å². The molecule has 0 saturated heterocycles. The molecule has 3 heterocycles. The van der Waals surface area contributed by atoms with Crippen molar-refractivity contribution in [2.45, 2.75) is 12.3 Å². The predicted molar refractivity (Wildman–Crippen MR) is 149 cm³/mol. The molecule has 1 atom stereocenters. The summed E-state index contributed by atoms with van der Waals surface area (Å²) in [7, 11) is 6.04. The maximum Gasteiger partial charge on any atom is 0.312 e. The highest BCUT2D eigenvalue weighted by atomic mass is 16.5. The molecule has 0 saturated carbocycles. The number of aromatic nitrogens is 1. The first-order valence-corrected chi connectivity index (χ1v) is 12.7. The summed E-state index contributed by atoms with van der Waals surface area (Å²) in [5.74, 6) is 0.723. The van der Waals surface area contributed by atoms with E-state index in [1.54, 1.807) is 61.7 Å². The first-order chi connectivity index (χ1) is 19.9. The lowest BCUT2D eigenvalue weighted by atomic mass is 9.85. The normalized spacial score (nSPS) is 16.6. The number of carbonyl (C=O) groups is 2. The van der Waals surface area contributed by atoms with E-state index in [0.717, 1.165) is 5.39 Å². The lowest BCUT2D eigenvalue weighted by Gasteiger charge is -2.26. The molecule has 2 aliphatic rings. The van der Waals surface area contributed by atoms with Crippen molar-refractivity contribution in [3.63, 3.8) is 0 Å². The molecule has 3 aromatic carbocycles. The van der Waals surface area contributed by atoms with E-state index in [0.29, 0.717) is 45.2 Å². The fraction of sp³-hybridized carbons (Fsp3) is 0.194. The number of benzene rings is 3. The third-order valence-electron chi connectivity index (χ3n) is 7.26. The number of allylic oxidation sites excluding steroid dienone is 1. The molecule has 0 fully saturated rings. The van der Waals surface area contributed by atoms with Crippen LogP contribution in [0.3, 0.4) is 0 Å². The quantitative estimate of drug-likeness (QED) is 0.206. The van der Waals surface area contributed by atoms with E-state index in [9.17, 15) is 14.4 Å². The summed E-state index contributed by atoms with van der Waals surface area (Å²) < 4.78 is 33.4. The van der Waals surface area contributed by atoms with Crippen LogP contribution in [0, 0.1) is 0 Å². The second-order valence-electron chi connectivity index (χ2n) is 9.46. The monoisotopic (exact) mass is 555 g/mol. The molecule has 1 unspecified atom stereocenters. The highest BCUT2D eigenvalue weighted by Gasteiger charge is 2.39. The van der Waals surface area contributed by atoms with Gasteiger partial charge in [-0.3, -0.25) is 14.4 Å². The van der Waals surface area contributed by atoms with Gasteiger partial charge in [-0.15, -0.1) is 0 Å². The van der Waals surface area contributed by atoms with Gasteiger partial charge in [0.1, 0.15) is 17.2 Å². The Labute approximate surface area is 234 Å². The number of fused-ring (bicyclic) bond motifs is 4. The van der Waals surface area contributed by atoms with E-state index in [4.69, 9.17) is 28.4 Å². The Balaban J connectivity index is 1.48. The zero-order chi connectivity index (χ0) is 28.8. The number of ketones is 1. The van der Waals surface area contributed by atoms with Crippen molar-refractivity contribution in [2.75, 3.05) is 28.4 Å². The molecule has 1 aromatic heterocycles. The van der Waals surface area contributed by atoms with Gasteiger partial charge in [0.15, 0.2) is 17.3 Å². The number of hydrogen-bond donors (Lipinski definition) is 1. The molecule has 4 aromatic rings. The lowest BCUT2D eigenvalue weighted by Crippen LogP contribution is -2.26. The van der Waals surface area contributed by atoms with Gasteiger partial charge in [-0.2, -0.15) is 0 Å². The van der Waals surface area contributed by atoms with Gasteiger partial charge in [-0.25, -0.2) is 0 Å². The minimum atomic E-state index is -0.719. The number of H-pyrrole nitrogens is 1. The predicted octanol–water partition coefficient (Wildman–Crippen LogP) is 4.62. The second kappa shape index (κ2) is 10.1.